The van der Waals surface area contributed by atoms with Crippen LogP contribution < -0.4 is 11.1 Å². The second-order valence-corrected chi connectivity index (χ2v) is 8.64. The van der Waals surface area contributed by atoms with Crippen LogP contribution in [-0.2, 0) is 24.4 Å². The van der Waals surface area contributed by atoms with Crippen molar-refractivity contribution < 1.29 is 22.8 Å². The van der Waals surface area contributed by atoms with Crippen molar-refractivity contribution >= 4 is 33.2 Å². The number of thiophene rings is 1. The van der Waals surface area contributed by atoms with Crippen LogP contribution in [0.4, 0.5) is 13.2 Å². The molecule has 0 saturated heterocycles. The molecule has 170 valence electrons. The number of benzene rings is 2. The Morgan fingerprint density at radius 1 is 1.12 bits per heavy atom. The molecule has 0 fully saturated rings. The molecule has 0 saturated carbocycles. The first kappa shape index (κ1) is 22.5. The van der Waals surface area contributed by atoms with E-state index in [2.05, 4.69) is 10.4 Å². The number of hydrogen-bond acceptors (Lipinski definition) is 4. The number of nitrogens with one attached hydrogen (secondary N) is 1. The Morgan fingerprint density at radius 3 is 2.61 bits per heavy atom. The van der Waals surface area contributed by atoms with Crippen LogP contribution in [0.1, 0.15) is 26.5 Å². The molecule has 0 spiro atoms. The number of aromatic nitrogens is 2. The van der Waals surface area contributed by atoms with Crippen molar-refractivity contribution in [3.8, 4) is 11.3 Å². The van der Waals surface area contributed by atoms with E-state index in [1.165, 1.54) is 28.2 Å². The lowest BCUT2D eigenvalue weighted by molar-refractivity contribution is -0.137. The summed E-state index contributed by atoms with van der Waals surface area (Å²) in [6.45, 7) is -0.279. The Balaban J connectivity index is 1.65. The molecular formula is C23H19F3N4O2S. The van der Waals surface area contributed by atoms with Crippen LogP contribution in [0.2, 0.25) is 0 Å². The van der Waals surface area contributed by atoms with E-state index < -0.39 is 23.6 Å². The molecule has 33 heavy (non-hydrogen) atoms. The fraction of sp³-hybridized carbons (Fsp3) is 0.174. The van der Waals surface area contributed by atoms with Crippen molar-refractivity contribution in [1.29, 1.82) is 0 Å². The lowest BCUT2D eigenvalue weighted by Gasteiger charge is -2.08. The number of amides is 2. The van der Waals surface area contributed by atoms with Gasteiger partial charge in [0, 0.05) is 28.6 Å². The van der Waals surface area contributed by atoms with Gasteiger partial charge in [0.25, 0.3) is 5.91 Å². The molecule has 0 unspecified atom stereocenters. The molecule has 0 aliphatic heterocycles. The van der Waals surface area contributed by atoms with Gasteiger partial charge >= 0.3 is 6.18 Å². The van der Waals surface area contributed by atoms with Gasteiger partial charge in [-0.15, -0.1) is 11.3 Å². The van der Waals surface area contributed by atoms with Gasteiger partial charge in [0.05, 0.1) is 17.8 Å². The standard InChI is InChI=1S/C23H19F3N4O2S/c1-30-19(22(32)28-12-20(27)31)11-18(29-30)17-7-3-5-14-10-16(33-21(14)17)9-13-4-2-6-15(8-13)23(24,25)26/h2-8,10-11H,9,12H2,1H3,(H2,27,31)(H,28,32). The molecule has 0 aliphatic rings. The number of alkyl halides is 3. The zero-order valence-corrected chi connectivity index (χ0v) is 18.3. The van der Waals surface area contributed by atoms with Gasteiger partial charge in [-0.2, -0.15) is 18.3 Å². The Labute approximate surface area is 190 Å². The maximum Gasteiger partial charge on any atom is 0.416 e. The highest BCUT2D eigenvalue weighted by molar-refractivity contribution is 7.19. The number of carbonyl (C=O) groups is 2. The van der Waals surface area contributed by atoms with Gasteiger partial charge in [0.15, 0.2) is 0 Å². The zero-order chi connectivity index (χ0) is 23.8. The number of rotatable bonds is 6. The van der Waals surface area contributed by atoms with E-state index in [0.717, 1.165) is 26.6 Å². The molecule has 0 atom stereocenters. The summed E-state index contributed by atoms with van der Waals surface area (Å²) in [5.41, 5.74) is 6.62. The number of fused-ring (bicyclic) bond motifs is 1. The lowest BCUT2D eigenvalue weighted by atomic mass is 10.1. The first-order valence-electron chi connectivity index (χ1n) is 9.90. The predicted molar refractivity (Wildman–Crippen MR) is 120 cm³/mol. The first-order valence-corrected chi connectivity index (χ1v) is 10.7. The number of primary amides is 1. The van der Waals surface area contributed by atoms with Gasteiger partial charge < -0.3 is 11.1 Å². The fourth-order valence-electron chi connectivity index (χ4n) is 3.53. The Hall–Kier alpha value is -3.66. The van der Waals surface area contributed by atoms with Crippen LogP contribution >= 0.6 is 11.3 Å². The first-order chi connectivity index (χ1) is 15.6. The summed E-state index contributed by atoms with van der Waals surface area (Å²) in [6, 6.07) is 14.6. The van der Waals surface area contributed by atoms with Crippen molar-refractivity contribution in [2.24, 2.45) is 12.8 Å². The van der Waals surface area contributed by atoms with Gasteiger partial charge in [-0.25, -0.2) is 0 Å². The van der Waals surface area contributed by atoms with Crippen molar-refractivity contribution in [3.05, 3.63) is 76.3 Å². The van der Waals surface area contributed by atoms with E-state index in [4.69, 9.17) is 5.73 Å². The average Bonchev–Trinajstić information content (AvgIpc) is 3.34. The highest BCUT2D eigenvalue weighted by atomic mass is 32.1. The second-order valence-electron chi connectivity index (χ2n) is 7.50. The zero-order valence-electron chi connectivity index (χ0n) is 17.4. The van der Waals surface area contributed by atoms with Gasteiger partial charge in [0.1, 0.15) is 5.69 Å². The number of halogens is 3. The third-order valence-corrected chi connectivity index (χ3v) is 6.22. The SMILES string of the molecule is Cn1nc(-c2cccc3cc(Cc4cccc(C(F)(F)F)c4)sc23)cc1C(=O)NCC(N)=O. The third-order valence-electron chi connectivity index (χ3n) is 5.04. The monoisotopic (exact) mass is 472 g/mol. The van der Waals surface area contributed by atoms with E-state index in [1.807, 2.05) is 24.3 Å². The van der Waals surface area contributed by atoms with Crippen molar-refractivity contribution in [2.45, 2.75) is 12.6 Å². The highest BCUT2D eigenvalue weighted by Crippen LogP contribution is 2.36. The second kappa shape index (κ2) is 8.70. The normalized spacial score (nSPS) is 11.6. The Morgan fingerprint density at radius 2 is 1.88 bits per heavy atom. The average molecular weight is 472 g/mol. The molecule has 6 nitrogen and oxygen atoms in total. The van der Waals surface area contributed by atoms with Crippen LogP contribution in [-0.4, -0.2) is 28.1 Å². The minimum atomic E-state index is -4.39. The molecule has 2 heterocycles. The molecule has 0 aliphatic carbocycles. The molecule has 4 aromatic rings. The summed E-state index contributed by atoms with van der Waals surface area (Å²) in [7, 11) is 1.62. The maximum atomic E-state index is 13.0. The van der Waals surface area contributed by atoms with E-state index >= 15 is 0 Å². The summed E-state index contributed by atoms with van der Waals surface area (Å²) >= 11 is 1.47. The molecule has 2 aromatic carbocycles. The summed E-state index contributed by atoms with van der Waals surface area (Å²) in [5.74, 6) is -1.12. The molecule has 10 heteroatoms. The van der Waals surface area contributed by atoms with Crippen molar-refractivity contribution in [2.75, 3.05) is 6.54 Å². The van der Waals surface area contributed by atoms with Gasteiger partial charge in [-0.1, -0.05) is 36.4 Å². The molecular weight excluding hydrogens is 453 g/mol. The predicted octanol–water partition coefficient (Wildman–Crippen LogP) is 4.13. The van der Waals surface area contributed by atoms with E-state index in [-0.39, 0.29) is 12.2 Å². The van der Waals surface area contributed by atoms with Crippen LogP contribution in [0.3, 0.4) is 0 Å². The molecule has 3 N–H and O–H groups in total. The number of nitrogens with zero attached hydrogens (tertiary/aromatic N) is 2. The molecule has 2 aromatic heterocycles. The quantitative estimate of drug-likeness (QED) is 0.442. The minimum Gasteiger partial charge on any atom is -0.368 e. The summed E-state index contributed by atoms with van der Waals surface area (Å²) in [6.07, 6.45) is -4.02. The smallest absolute Gasteiger partial charge is 0.368 e. The van der Waals surface area contributed by atoms with Crippen LogP contribution in [0.15, 0.2) is 54.6 Å². The van der Waals surface area contributed by atoms with Gasteiger partial charge in [-0.3, -0.25) is 14.3 Å². The van der Waals surface area contributed by atoms with Gasteiger partial charge in [-0.05, 0) is 29.1 Å². The minimum absolute atomic E-state index is 0.268. The Kier molecular flexibility index (Phi) is 5.94. The van der Waals surface area contributed by atoms with E-state index in [0.29, 0.717) is 17.7 Å². The van der Waals surface area contributed by atoms with Crippen molar-refractivity contribution in [1.82, 2.24) is 15.1 Å². The lowest BCUT2D eigenvalue weighted by Crippen LogP contribution is -2.34. The molecule has 2 amide bonds. The van der Waals surface area contributed by atoms with E-state index in [9.17, 15) is 22.8 Å². The molecule has 0 bridgehead atoms. The van der Waals surface area contributed by atoms with Crippen molar-refractivity contribution in [3.63, 3.8) is 0 Å². The summed E-state index contributed by atoms with van der Waals surface area (Å²) in [5, 5.41) is 7.80. The van der Waals surface area contributed by atoms with Gasteiger partial charge in [0.2, 0.25) is 5.91 Å². The molecule has 0 radical (unpaired) electrons. The summed E-state index contributed by atoms with van der Waals surface area (Å²) in [4.78, 5) is 24.2. The number of hydrogen-bond donors (Lipinski definition) is 2. The van der Waals surface area contributed by atoms with Crippen LogP contribution in [0, 0.1) is 0 Å². The maximum absolute atomic E-state index is 13.0. The summed E-state index contributed by atoms with van der Waals surface area (Å²) < 4.78 is 41.4. The fourth-order valence-corrected chi connectivity index (χ4v) is 4.75. The van der Waals surface area contributed by atoms with E-state index in [1.54, 1.807) is 19.2 Å². The highest BCUT2D eigenvalue weighted by Gasteiger charge is 2.30. The Bertz CT molecular complexity index is 1360. The van der Waals surface area contributed by atoms with Crippen LogP contribution in [0.5, 0.6) is 0 Å². The topological polar surface area (TPSA) is 90.0 Å². The number of carbonyl (C=O) groups excluding carboxylic acids is 2. The number of aryl methyl sites for hydroxylation is 1. The molecule has 4 rings (SSSR count). The third kappa shape index (κ3) is 4.90. The largest absolute Gasteiger partial charge is 0.416 e. The van der Waals surface area contributed by atoms with Crippen LogP contribution in [0.25, 0.3) is 21.3 Å². The number of nitrogens with two attached hydrogens (primary N) is 1.